The van der Waals surface area contributed by atoms with E-state index in [1.807, 2.05) is 37.3 Å². The Morgan fingerprint density at radius 2 is 0.982 bits per heavy atom. The summed E-state index contributed by atoms with van der Waals surface area (Å²) < 4.78 is 57.3. The lowest BCUT2D eigenvalue weighted by atomic mass is 9.86. The molecule has 1 aliphatic heterocycles. The van der Waals surface area contributed by atoms with Crippen molar-refractivity contribution in [3.8, 4) is 0 Å². The first kappa shape index (κ1) is 107. The van der Waals surface area contributed by atoms with E-state index in [1.54, 1.807) is 11.8 Å². The number of hydrogen-bond acceptors (Lipinski definition) is 23. The lowest BCUT2D eigenvalue weighted by Gasteiger charge is -2.39. The molecule has 0 spiro atoms. The normalized spacial score (nSPS) is 23.8. The van der Waals surface area contributed by atoms with Crippen molar-refractivity contribution in [3.63, 3.8) is 0 Å². The summed E-state index contributed by atoms with van der Waals surface area (Å²) >= 11 is 6.27. The number of hydrogen-bond donors (Lipinski definition) is 5. The highest BCUT2D eigenvalue weighted by molar-refractivity contribution is 8.01. The second kappa shape index (κ2) is 65.9. The number of methoxy groups -OCH3 is 4. The third-order valence-electron chi connectivity index (χ3n) is 22.3. The number of aliphatic hydroxyl groups is 3. The van der Waals surface area contributed by atoms with E-state index in [0.29, 0.717) is 152 Å². The smallest absolute Gasteiger partial charge is 0.339 e. The molecule has 0 radical (unpaired) electrons. The summed E-state index contributed by atoms with van der Waals surface area (Å²) in [6.07, 6.45) is 47.6. The van der Waals surface area contributed by atoms with E-state index in [0.717, 1.165) is 136 Å². The number of thiol groups is 1. The molecule has 1 saturated heterocycles. The monoisotopic (exact) mass is 1650 g/mol. The Labute approximate surface area is 691 Å². The first-order valence-electron chi connectivity index (χ1n) is 43.0. The highest BCUT2D eigenvalue weighted by atomic mass is 32.2. The molecular formula is C89H148F2O21S2. The number of esters is 4. The van der Waals surface area contributed by atoms with Crippen molar-refractivity contribution in [1.29, 1.82) is 0 Å². The molecule has 0 aromatic rings. The quantitative estimate of drug-likeness (QED) is 0.00718. The van der Waals surface area contributed by atoms with Gasteiger partial charge in [-0.1, -0.05) is 134 Å². The van der Waals surface area contributed by atoms with Crippen molar-refractivity contribution in [3.05, 3.63) is 48.6 Å². The van der Waals surface area contributed by atoms with E-state index in [9.17, 15) is 72.0 Å². The van der Waals surface area contributed by atoms with Gasteiger partial charge >= 0.3 is 35.8 Å². The number of aliphatic hydroxyl groups excluding tert-OH is 2. The van der Waals surface area contributed by atoms with Crippen molar-refractivity contribution >= 4 is 83.2 Å². The Morgan fingerprint density at radius 3 is 1.51 bits per heavy atom. The van der Waals surface area contributed by atoms with Crippen molar-refractivity contribution in [2.75, 3.05) is 54.9 Å². The molecule has 4 saturated carbocycles. The first-order valence-corrected chi connectivity index (χ1v) is 44.4. The number of rotatable bonds is 54. The fourth-order valence-electron chi connectivity index (χ4n) is 15.4. The highest BCUT2D eigenvalue weighted by Crippen LogP contribution is 2.53. The first-order chi connectivity index (χ1) is 54.7. The number of ketones is 5. The van der Waals surface area contributed by atoms with Crippen LogP contribution >= 0.6 is 24.4 Å². The van der Waals surface area contributed by atoms with Crippen LogP contribution in [0.25, 0.3) is 0 Å². The average Bonchev–Trinajstić information content (AvgIpc) is 1.63. The molecule has 0 amide bonds. The molecule has 5 rings (SSSR count). The maximum atomic E-state index is 13.8. The number of halogens is 2. The molecule has 25 heteroatoms. The number of ether oxygens (including phenoxy) is 6. The van der Waals surface area contributed by atoms with Crippen LogP contribution in [-0.4, -0.2) is 168 Å². The van der Waals surface area contributed by atoms with E-state index in [4.69, 9.17) is 14.7 Å². The van der Waals surface area contributed by atoms with Gasteiger partial charge in [0.05, 0.1) is 53.9 Å². The third kappa shape index (κ3) is 48.1. The Kier molecular flexibility index (Phi) is 61.8. The van der Waals surface area contributed by atoms with Crippen LogP contribution in [0.5, 0.6) is 0 Å². The SMILES string of the molecule is CC(=O)OO.CCCCC(F)(F)C(=O)CC[C@H]1CCC(=O)[C@@H]1C/C=C\CCCC(=O)OC.CCCCCC(=O)CCC1C(C/C=C\CCCC(=O)OC)C(=O)C[C@H]1S.CCCCCC1(O)CC[C@@H]2C(C/C=C\CCCC(=O)OC)C(=O)C[C@H]2S1.CCCCCCCOCCOCC[C@H]1C(O)CC(O)C1C/C=C\CCCC(=O)OC. The molecule has 21 nitrogen and oxygen atoms in total. The van der Waals surface area contributed by atoms with Gasteiger partial charge in [0.1, 0.15) is 28.1 Å². The zero-order valence-corrected chi connectivity index (χ0v) is 72.5. The Hall–Kier alpha value is -5.02. The van der Waals surface area contributed by atoms with E-state index >= 15 is 0 Å². The van der Waals surface area contributed by atoms with Crippen LogP contribution in [0.2, 0.25) is 0 Å². The maximum absolute atomic E-state index is 13.8. The molecule has 4 N–H and O–H groups in total. The molecule has 5 aliphatic rings. The highest BCUT2D eigenvalue weighted by Gasteiger charge is 2.49. The molecule has 4 aliphatic carbocycles. The summed E-state index contributed by atoms with van der Waals surface area (Å²) in [5.74, 6) is -3.96. The summed E-state index contributed by atoms with van der Waals surface area (Å²) in [5, 5.41) is 39.1. The molecule has 7 unspecified atom stereocenters. The van der Waals surface area contributed by atoms with Gasteiger partial charge in [-0.05, 0) is 184 Å². The van der Waals surface area contributed by atoms with Gasteiger partial charge in [-0.3, -0.25) is 43.2 Å². The summed E-state index contributed by atoms with van der Waals surface area (Å²) in [5.41, 5.74) is 0. The number of unbranched alkanes of at least 4 members (excludes halogenated alkanes) is 13. The van der Waals surface area contributed by atoms with Crippen molar-refractivity contribution < 1.29 is 111 Å². The number of alkyl halides is 2. The molecule has 0 bridgehead atoms. The third-order valence-corrected chi connectivity index (χ3v) is 24.5. The van der Waals surface area contributed by atoms with Crippen LogP contribution < -0.4 is 0 Å². The van der Waals surface area contributed by atoms with Gasteiger partial charge in [0.25, 0.3) is 0 Å². The second-order valence-corrected chi connectivity index (χ2v) is 33.4. The van der Waals surface area contributed by atoms with Crippen LogP contribution in [0.4, 0.5) is 8.78 Å². The topological polar surface area (TPSA) is 316 Å². The summed E-state index contributed by atoms with van der Waals surface area (Å²) in [6, 6.07) is 0. The van der Waals surface area contributed by atoms with Crippen molar-refractivity contribution in [2.45, 2.75) is 351 Å². The maximum Gasteiger partial charge on any atom is 0.339 e. The number of carbonyl (C=O) groups excluding carboxylic acids is 10. The van der Waals surface area contributed by atoms with Crippen molar-refractivity contribution in [2.24, 2.45) is 47.3 Å². The predicted octanol–water partition coefficient (Wildman–Crippen LogP) is 18.5. The van der Waals surface area contributed by atoms with Gasteiger partial charge in [-0.15, -0.1) is 11.8 Å². The Morgan fingerprint density at radius 1 is 0.509 bits per heavy atom. The van der Waals surface area contributed by atoms with Gasteiger partial charge in [0.15, 0.2) is 0 Å². The number of Topliss-reactive ketones (excluding diaryl/α,β-unsaturated/α-hetero) is 5. The standard InChI is InChI=1S/C24H44O6.C21H32F2O4.2C21H34O4S.C2H4O3/c1-3-4-5-8-11-15-29-17-18-30-16-14-21-20(22(25)19-23(21)26)12-9-6-7-10-13-24(27)28-2;1-3-4-15-21(22,23)19(25)14-12-16-11-13-18(24)17(16)9-7-5-6-8-10-20(26)27-2;1-3-4-9-13-21(24)14-12-17-16(18(22)15-19(17)26-21)10-7-5-6-8-11-20(23)25-2;1-3-4-7-10-16(22)13-14-18-17(19(23)15-20(18)26)11-8-5-6-9-12-21(24)25-2;1-2(3)5-4/h6,9,20-23,25-26H,3-5,7-8,10-19H2,1-2H3;5,7,16-17H,3-4,6,8-15H2,1-2H3;5,7,16-17,19,24H,3-4,6,8-15H2,1-2H3;5,8,17-18,20,26H,3-4,6-7,9-15H2,1-2H3;4H,1H3/b9-6-;2*7-5-;8-5-;/t20?,21-,22?,23?;16-,17-;16?,17-,19-,21?;17?,18?,20-;/m1111./s1. The fraction of sp³-hybridized carbons (Fsp3) is 0.798. The number of thioether (sulfide) groups is 1. The zero-order valence-electron chi connectivity index (χ0n) is 70.8. The van der Waals surface area contributed by atoms with Gasteiger partial charge in [-0.25, -0.2) is 4.79 Å². The Bertz CT molecular complexity index is 2820. The van der Waals surface area contributed by atoms with Gasteiger partial charge in [-0.2, -0.15) is 26.7 Å². The average molecular weight is 1660 g/mol. The van der Waals surface area contributed by atoms with Crippen molar-refractivity contribution in [1.82, 2.24) is 0 Å². The van der Waals surface area contributed by atoms with E-state index in [2.05, 4.69) is 75.5 Å². The van der Waals surface area contributed by atoms with Crippen LogP contribution in [0.1, 0.15) is 317 Å². The minimum absolute atomic E-state index is 0.00291. The predicted molar refractivity (Wildman–Crippen MR) is 446 cm³/mol. The van der Waals surface area contributed by atoms with Gasteiger partial charge in [0.2, 0.25) is 5.78 Å². The number of allylic oxidation sites excluding steroid dienone is 8. The number of fused-ring (bicyclic) bond motifs is 1. The van der Waals surface area contributed by atoms with Crippen LogP contribution in [0, 0.1) is 47.3 Å². The molecule has 656 valence electrons. The number of carbonyl (C=O) groups is 10. The second-order valence-electron chi connectivity index (χ2n) is 31.1. The minimum Gasteiger partial charge on any atom is -0.469 e. The van der Waals surface area contributed by atoms with Gasteiger partial charge in [0, 0.05) is 119 Å². The summed E-state index contributed by atoms with van der Waals surface area (Å²) in [4.78, 5) is 117. The molecule has 0 aromatic heterocycles. The van der Waals surface area contributed by atoms with E-state index in [1.165, 1.54) is 67.0 Å². The van der Waals surface area contributed by atoms with Gasteiger partial charge < -0.3 is 48.6 Å². The lowest BCUT2D eigenvalue weighted by Crippen LogP contribution is -2.36. The van der Waals surface area contributed by atoms with Crippen LogP contribution in [0.15, 0.2) is 48.6 Å². The minimum atomic E-state index is -3.24. The fourth-order valence-corrected chi connectivity index (χ4v) is 17.7. The summed E-state index contributed by atoms with van der Waals surface area (Å²) in [6.45, 7) is 12.0. The Balaban J connectivity index is 0.000000745. The molecule has 0 aromatic carbocycles. The lowest BCUT2D eigenvalue weighted by molar-refractivity contribution is -0.231. The molecule has 1 heterocycles. The van der Waals surface area contributed by atoms with Crippen LogP contribution in [0.3, 0.4) is 0 Å². The molecule has 114 heavy (non-hydrogen) atoms. The van der Waals surface area contributed by atoms with E-state index in [-0.39, 0.29) is 95.0 Å². The van der Waals surface area contributed by atoms with Crippen LogP contribution in [-0.2, 0) is 81.3 Å². The summed E-state index contributed by atoms with van der Waals surface area (Å²) in [7, 11) is 5.56. The van der Waals surface area contributed by atoms with E-state index < -0.39 is 34.8 Å². The largest absolute Gasteiger partial charge is 0.469 e. The molecular weight excluding hydrogens is 1510 g/mol. The molecule has 5 fully saturated rings. The molecule has 13 atom stereocenters. The zero-order chi connectivity index (χ0) is 85.0.